The van der Waals surface area contributed by atoms with Gasteiger partial charge in [0.25, 0.3) is 0 Å². The highest BCUT2D eigenvalue weighted by atomic mass is 32.1. The molecule has 1 aliphatic heterocycles. The highest BCUT2D eigenvalue weighted by molar-refractivity contribution is 7.10. The second-order valence-electron chi connectivity index (χ2n) is 4.90. The van der Waals surface area contributed by atoms with E-state index in [1.54, 1.807) is 17.6 Å². The molecule has 1 aliphatic rings. The molecular formula is C15H18N2O2S. The molecule has 1 N–H and O–H groups in total. The van der Waals surface area contributed by atoms with Gasteiger partial charge in [0.2, 0.25) is 0 Å². The molecule has 0 aliphatic carbocycles. The molecule has 1 atom stereocenters. The van der Waals surface area contributed by atoms with Gasteiger partial charge in [0.05, 0.1) is 18.8 Å². The largest absolute Gasteiger partial charge is 0.467 e. The number of fused-ring (bicyclic) bond motifs is 1. The summed E-state index contributed by atoms with van der Waals surface area (Å²) in [6, 6.07) is 6.03. The van der Waals surface area contributed by atoms with E-state index < -0.39 is 0 Å². The summed E-state index contributed by atoms with van der Waals surface area (Å²) in [5.74, 6) is 0.777. The van der Waals surface area contributed by atoms with Gasteiger partial charge >= 0.3 is 6.03 Å². The van der Waals surface area contributed by atoms with Crippen LogP contribution >= 0.6 is 11.3 Å². The van der Waals surface area contributed by atoms with Crippen molar-refractivity contribution in [3.05, 3.63) is 46.0 Å². The average molecular weight is 290 g/mol. The van der Waals surface area contributed by atoms with Crippen LogP contribution in [0.15, 0.2) is 34.3 Å². The summed E-state index contributed by atoms with van der Waals surface area (Å²) in [7, 11) is 0. The van der Waals surface area contributed by atoms with Gasteiger partial charge in [0.1, 0.15) is 5.76 Å². The van der Waals surface area contributed by atoms with Crippen molar-refractivity contribution in [1.82, 2.24) is 10.2 Å². The van der Waals surface area contributed by atoms with Crippen LogP contribution in [0.3, 0.4) is 0 Å². The van der Waals surface area contributed by atoms with E-state index in [4.69, 9.17) is 4.42 Å². The Balaban J connectivity index is 1.68. The van der Waals surface area contributed by atoms with E-state index in [0.29, 0.717) is 6.54 Å². The molecular weight excluding hydrogens is 272 g/mol. The Bertz CT molecular complexity index is 576. The van der Waals surface area contributed by atoms with Crippen molar-refractivity contribution in [2.75, 3.05) is 6.54 Å². The van der Waals surface area contributed by atoms with E-state index in [9.17, 15) is 4.79 Å². The summed E-state index contributed by atoms with van der Waals surface area (Å²) < 4.78 is 5.24. The smallest absolute Gasteiger partial charge is 0.318 e. The van der Waals surface area contributed by atoms with Gasteiger partial charge in [0, 0.05) is 11.4 Å². The van der Waals surface area contributed by atoms with Crippen LogP contribution in [0.1, 0.15) is 35.6 Å². The van der Waals surface area contributed by atoms with Gasteiger partial charge in [0.15, 0.2) is 0 Å². The minimum absolute atomic E-state index is 0.00917. The fourth-order valence-electron chi connectivity index (χ4n) is 2.76. The van der Waals surface area contributed by atoms with Crippen molar-refractivity contribution >= 4 is 17.4 Å². The normalized spacial score (nSPS) is 17.9. The molecule has 2 amide bonds. The fourth-order valence-corrected chi connectivity index (χ4v) is 3.69. The molecule has 0 saturated carbocycles. The molecule has 0 aromatic carbocycles. The Hall–Kier alpha value is -1.75. The number of rotatable bonds is 3. The monoisotopic (exact) mass is 290 g/mol. The molecule has 4 nitrogen and oxygen atoms in total. The lowest BCUT2D eigenvalue weighted by Gasteiger charge is -2.35. The highest BCUT2D eigenvalue weighted by Crippen LogP contribution is 2.35. The predicted molar refractivity (Wildman–Crippen MR) is 78.7 cm³/mol. The Morgan fingerprint density at radius 3 is 3.20 bits per heavy atom. The Morgan fingerprint density at radius 1 is 1.55 bits per heavy atom. The van der Waals surface area contributed by atoms with Crippen LogP contribution in [-0.2, 0) is 13.0 Å². The topological polar surface area (TPSA) is 45.5 Å². The first-order valence-corrected chi connectivity index (χ1v) is 7.80. The molecule has 3 rings (SSSR count). The maximum absolute atomic E-state index is 12.4. The van der Waals surface area contributed by atoms with Gasteiger partial charge in [-0.3, -0.25) is 0 Å². The van der Waals surface area contributed by atoms with Gasteiger partial charge in [-0.1, -0.05) is 6.92 Å². The van der Waals surface area contributed by atoms with E-state index in [2.05, 4.69) is 23.7 Å². The molecule has 5 heteroatoms. The number of amides is 2. The number of furan rings is 1. The summed E-state index contributed by atoms with van der Waals surface area (Å²) in [6.07, 6.45) is 3.52. The summed E-state index contributed by atoms with van der Waals surface area (Å²) in [6.45, 7) is 3.36. The molecule has 3 heterocycles. The van der Waals surface area contributed by atoms with Crippen LogP contribution in [0.25, 0.3) is 0 Å². The van der Waals surface area contributed by atoms with Crippen molar-refractivity contribution in [3.8, 4) is 0 Å². The number of urea groups is 1. The van der Waals surface area contributed by atoms with Crippen LogP contribution in [0, 0.1) is 0 Å². The Morgan fingerprint density at radius 2 is 2.45 bits per heavy atom. The van der Waals surface area contributed by atoms with Gasteiger partial charge in [-0.15, -0.1) is 11.3 Å². The van der Waals surface area contributed by atoms with Crippen LogP contribution in [0.5, 0.6) is 0 Å². The third-order valence-electron chi connectivity index (χ3n) is 3.74. The SMILES string of the molecule is CC[C@H]1c2ccsc2CCN1C(=O)NCc1ccco1. The summed E-state index contributed by atoms with van der Waals surface area (Å²) in [5, 5.41) is 5.06. The minimum Gasteiger partial charge on any atom is -0.467 e. The molecule has 0 fully saturated rings. The first-order valence-electron chi connectivity index (χ1n) is 6.92. The molecule has 0 saturated heterocycles. The Labute approximate surface area is 122 Å². The van der Waals surface area contributed by atoms with Crippen molar-refractivity contribution in [2.45, 2.75) is 32.4 Å². The number of hydrogen-bond acceptors (Lipinski definition) is 3. The van der Waals surface area contributed by atoms with E-state index in [-0.39, 0.29) is 12.1 Å². The summed E-state index contributed by atoms with van der Waals surface area (Å²) in [4.78, 5) is 15.7. The van der Waals surface area contributed by atoms with Gasteiger partial charge in [-0.2, -0.15) is 0 Å². The number of thiophene rings is 1. The zero-order chi connectivity index (χ0) is 13.9. The molecule has 2 aromatic heterocycles. The zero-order valence-electron chi connectivity index (χ0n) is 11.5. The van der Waals surface area contributed by atoms with Gasteiger partial charge in [-0.05, 0) is 42.0 Å². The van der Waals surface area contributed by atoms with Crippen molar-refractivity contribution < 1.29 is 9.21 Å². The Kier molecular flexibility index (Phi) is 3.78. The lowest BCUT2D eigenvalue weighted by Crippen LogP contribution is -2.44. The maximum Gasteiger partial charge on any atom is 0.318 e. The van der Waals surface area contributed by atoms with Crippen LogP contribution < -0.4 is 5.32 Å². The minimum atomic E-state index is -0.00917. The number of hydrogen-bond donors (Lipinski definition) is 1. The standard InChI is InChI=1S/C15H18N2O2S/c1-2-13-12-6-9-20-14(12)5-7-17(13)15(18)16-10-11-4-3-8-19-11/h3-4,6,8-9,13H,2,5,7,10H2,1H3,(H,16,18)/t13-/m0/s1. The summed E-state index contributed by atoms with van der Waals surface area (Å²) >= 11 is 1.80. The van der Waals surface area contributed by atoms with E-state index in [0.717, 1.165) is 25.1 Å². The number of nitrogens with zero attached hydrogens (tertiary/aromatic N) is 1. The molecule has 2 aromatic rings. The van der Waals surface area contributed by atoms with Crippen molar-refractivity contribution in [1.29, 1.82) is 0 Å². The molecule has 0 bridgehead atoms. The van der Waals surface area contributed by atoms with Gasteiger partial charge < -0.3 is 14.6 Å². The zero-order valence-corrected chi connectivity index (χ0v) is 12.3. The second kappa shape index (κ2) is 5.71. The third-order valence-corrected chi connectivity index (χ3v) is 4.73. The molecule has 0 radical (unpaired) electrons. The van der Waals surface area contributed by atoms with E-state index >= 15 is 0 Å². The fraction of sp³-hybridized carbons (Fsp3) is 0.400. The first-order chi connectivity index (χ1) is 9.79. The molecule has 106 valence electrons. The third kappa shape index (κ3) is 2.45. The van der Waals surface area contributed by atoms with Crippen LogP contribution in [0.4, 0.5) is 4.79 Å². The first kappa shape index (κ1) is 13.2. The molecule has 20 heavy (non-hydrogen) atoms. The second-order valence-corrected chi connectivity index (χ2v) is 5.91. The van der Waals surface area contributed by atoms with Crippen molar-refractivity contribution in [3.63, 3.8) is 0 Å². The maximum atomic E-state index is 12.4. The van der Waals surface area contributed by atoms with Crippen molar-refractivity contribution in [2.24, 2.45) is 0 Å². The lowest BCUT2D eigenvalue weighted by atomic mass is 9.98. The van der Waals surface area contributed by atoms with Crippen LogP contribution in [-0.4, -0.2) is 17.5 Å². The lowest BCUT2D eigenvalue weighted by molar-refractivity contribution is 0.166. The predicted octanol–water partition coefficient (Wildman–Crippen LogP) is 3.56. The molecule has 0 unspecified atom stereocenters. The quantitative estimate of drug-likeness (QED) is 0.939. The van der Waals surface area contributed by atoms with E-state index in [1.807, 2.05) is 17.0 Å². The average Bonchev–Trinajstić information content (AvgIpc) is 3.14. The van der Waals surface area contributed by atoms with E-state index in [1.165, 1.54) is 10.4 Å². The van der Waals surface area contributed by atoms with Gasteiger partial charge in [-0.25, -0.2) is 4.79 Å². The summed E-state index contributed by atoms with van der Waals surface area (Å²) in [5.41, 5.74) is 1.32. The number of nitrogens with one attached hydrogen (secondary N) is 1. The number of carbonyl (C=O) groups excluding carboxylic acids is 1. The molecule has 0 spiro atoms. The van der Waals surface area contributed by atoms with Crippen LogP contribution in [0.2, 0.25) is 0 Å². The number of carbonyl (C=O) groups is 1. The highest BCUT2D eigenvalue weighted by Gasteiger charge is 2.30.